The highest BCUT2D eigenvalue weighted by atomic mass is 19.4. The van der Waals surface area contributed by atoms with Crippen LogP contribution in [0.2, 0.25) is 0 Å². The molecule has 0 amide bonds. The van der Waals surface area contributed by atoms with E-state index >= 15 is 0 Å². The van der Waals surface area contributed by atoms with Gasteiger partial charge in [-0.3, -0.25) is 0 Å². The second-order valence-electron chi connectivity index (χ2n) is 4.42. The number of alkyl halides is 3. The Labute approximate surface area is 109 Å². The number of benzene rings is 1. The van der Waals surface area contributed by atoms with Crippen molar-refractivity contribution < 1.29 is 13.2 Å². The molecule has 100 valence electrons. The molecule has 2 nitrogen and oxygen atoms in total. The largest absolute Gasteiger partial charge is 0.416 e. The van der Waals surface area contributed by atoms with Gasteiger partial charge in [0.15, 0.2) is 0 Å². The molecule has 0 radical (unpaired) electrons. The number of nitrogens with zero attached hydrogens (tertiary/aromatic N) is 1. The normalized spacial score (nSPS) is 16.0. The van der Waals surface area contributed by atoms with Crippen LogP contribution in [-0.2, 0) is 6.18 Å². The smallest absolute Gasteiger partial charge is 0.316 e. The third kappa shape index (κ3) is 3.15. The first-order valence-corrected chi connectivity index (χ1v) is 6.03. The molecule has 1 saturated heterocycles. The molecule has 1 aromatic rings. The lowest BCUT2D eigenvalue weighted by Gasteiger charge is -2.17. The summed E-state index contributed by atoms with van der Waals surface area (Å²) < 4.78 is 37.4. The van der Waals surface area contributed by atoms with Crippen molar-refractivity contribution in [2.75, 3.05) is 13.1 Å². The second-order valence-corrected chi connectivity index (χ2v) is 4.42. The van der Waals surface area contributed by atoms with Crippen molar-refractivity contribution in [3.63, 3.8) is 0 Å². The minimum atomic E-state index is -4.34. The van der Waals surface area contributed by atoms with Crippen molar-refractivity contribution >= 4 is 5.57 Å². The molecule has 5 heteroatoms. The maximum absolute atomic E-state index is 12.5. The van der Waals surface area contributed by atoms with Crippen LogP contribution in [-0.4, -0.2) is 13.1 Å². The Bertz CT molecular complexity index is 513. The van der Waals surface area contributed by atoms with Gasteiger partial charge in [0.25, 0.3) is 0 Å². The zero-order valence-electron chi connectivity index (χ0n) is 10.2. The molecule has 1 fully saturated rings. The summed E-state index contributed by atoms with van der Waals surface area (Å²) in [6, 6.07) is 6.90. The molecule has 0 bridgehead atoms. The number of allylic oxidation sites excluding steroid dienone is 1. The quantitative estimate of drug-likeness (QED) is 0.791. The van der Waals surface area contributed by atoms with Gasteiger partial charge in [-0.05, 0) is 49.2 Å². The van der Waals surface area contributed by atoms with Gasteiger partial charge in [-0.1, -0.05) is 12.1 Å². The van der Waals surface area contributed by atoms with Gasteiger partial charge in [0, 0.05) is 0 Å². The van der Waals surface area contributed by atoms with E-state index in [9.17, 15) is 18.4 Å². The molecule has 2 rings (SSSR count). The lowest BCUT2D eigenvalue weighted by atomic mass is 9.94. The Morgan fingerprint density at radius 2 is 1.68 bits per heavy atom. The SMILES string of the molecule is N#CC(=C1CCNCC1)c1ccc(C(F)(F)F)cc1. The van der Waals surface area contributed by atoms with Crippen LogP contribution >= 0.6 is 0 Å². The van der Waals surface area contributed by atoms with Crippen LogP contribution in [0.15, 0.2) is 29.8 Å². The molecule has 1 aliphatic heterocycles. The average Bonchev–Trinajstić information content (AvgIpc) is 2.40. The van der Waals surface area contributed by atoms with Crippen LogP contribution in [0.4, 0.5) is 13.2 Å². The van der Waals surface area contributed by atoms with E-state index < -0.39 is 11.7 Å². The minimum Gasteiger partial charge on any atom is -0.316 e. The van der Waals surface area contributed by atoms with Crippen LogP contribution in [0.25, 0.3) is 5.57 Å². The lowest BCUT2D eigenvalue weighted by Crippen LogP contribution is -2.23. The number of hydrogen-bond acceptors (Lipinski definition) is 2. The number of rotatable bonds is 1. The van der Waals surface area contributed by atoms with Crippen molar-refractivity contribution in [3.05, 3.63) is 41.0 Å². The number of halogens is 3. The lowest BCUT2D eigenvalue weighted by molar-refractivity contribution is -0.137. The predicted octanol–water partition coefficient (Wildman–Crippen LogP) is 3.37. The zero-order valence-corrected chi connectivity index (χ0v) is 10.2. The maximum atomic E-state index is 12.5. The van der Waals surface area contributed by atoms with E-state index in [0.717, 1.165) is 43.6 Å². The molecule has 0 aromatic heterocycles. The van der Waals surface area contributed by atoms with E-state index in [1.54, 1.807) is 0 Å². The second kappa shape index (κ2) is 5.45. The van der Waals surface area contributed by atoms with Crippen LogP contribution in [0.1, 0.15) is 24.0 Å². The standard InChI is InChI=1S/C14H13F3N2/c15-14(16,17)12-3-1-10(2-4-12)13(9-18)11-5-7-19-8-6-11/h1-4,19H,5-8H2. The third-order valence-corrected chi connectivity index (χ3v) is 3.17. The van der Waals surface area contributed by atoms with Gasteiger partial charge in [0.2, 0.25) is 0 Å². The summed E-state index contributed by atoms with van der Waals surface area (Å²) in [6.45, 7) is 1.61. The molecule has 0 unspecified atom stereocenters. The molecule has 0 aliphatic carbocycles. The summed E-state index contributed by atoms with van der Waals surface area (Å²) in [5.74, 6) is 0. The monoisotopic (exact) mass is 266 g/mol. The summed E-state index contributed by atoms with van der Waals surface area (Å²) in [6.07, 6.45) is -2.80. The van der Waals surface area contributed by atoms with Crippen LogP contribution in [0.3, 0.4) is 0 Å². The van der Waals surface area contributed by atoms with Crippen molar-refractivity contribution in [3.8, 4) is 6.07 Å². The highest BCUT2D eigenvalue weighted by Crippen LogP contribution is 2.31. The Kier molecular flexibility index (Phi) is 3.91. The number of piperidine rings is 1. The number of nitrogens with one attached hydrogen (secondary N) is 1. The fourth-order valence-electron chi connectivity index (χ4n) is 2.15. The first kappa shape index (κ1) is 13.6. The fraction of sp³-hybridized carbons (Fsp3) is 0.357. The first-order chi connectivity index (χ1) is 9.02. The van der Waals surface area contributed by atoms with Gasteiger partial charge < -0.3 is 5.32 Å². The van der Waals surface area contributed by atoms with Gasteiger partial charge in [0.05, 0.1) is 17.2 Å². The van der Waals surface area contributed by atoms with E-state index in [2.05, 4.69) is 11.4 Å². The molecule has 0 atom stereocenters. The van der Waals surface area contributed by atoms with Crippen LogP contribution in [0.5, 0.6) is 0 Å². The highest BCUT2D eigenvalue weighted by Gasteiger charge is 2.30. The Morgan fingerprint density at radius 3 is 2.16 bits per heavy atom. The zero-order chi connectivity index (χ0) is 13.9. The molecule has 19 heavy (non-hydrogen) atoms. The maximum Gasteiger partial charge on any atom is 0.416 e. The molecule has 1 aromatic carbocycles. The highest BCUT2D eigenvalue weighted by molar-refractivity contribution is 5.79. The Hall–Kier alpha value is -1.80. The van der Waals surface area contributed by atoms with Gasteiger partial charge >= 0.3 is 6.18 Å². The van der Waals surface area contributed by atoms with Gasteiger partial charge in [-0.2, -0.15) is 18.4 Å². The molecule has 1 heterocycles. The van der Waals surface area contributed by atoms with Gasteiger partial charge in [0.1, 0.15) is 0 Å². The minimum absolute atomic E-state index is 0.509. The van der Waals surface area contributed by atoms with E-state index in [0.29, 0.717) is 11.1 Å². The summed E-state index contributed by atoms with van der Waals surface area (Å²) in [4.78, 5) is 0. The Balaban J connectivity index is 2.32. The van der Waals surface area contributed by atoms with Crippen LogP contribution < -0.4 is 5.32 Å². The van der Waals surface area contributed by atoms with Crippen LogP contribution in [0, 0.1) is 11.3 Å². The summed E-state index contributed by atoms with van der Waals surface area (Å²) in [5.41, 5.74) is 1.40. The summed E-state index contributed by atoms with van der Waals surface area (Å²) in [5, 5.41) is 12.4. The topological polar surface area (TPSA) is 35.8 Å². The first-order valence-electron chi connectivity index (χ1n) is 6.03. The van der Waals surface area contributed by atoms with Gasteiger partial charge in [-0.25, -0.2) is 0 Å². The fourth-order valence-corrected chi connectivity index (χ4v) is 2.15. The van der Waals surface area contributed by atoms with Gasteiger partial charge in [-0.15, -0.1) is 0 Å². The summed E-state index contributed by atoms with van der Waals surface area (Å²) in [7, 11) is 0. The summed E-state index contributed by atoms with van der Waals surface area (Å²) >= 11 is 0. The molecule has 1 aliphatic rings. The van der Waals surface area contributed by atoms with Crippen molar-refractivity contribution in [1.82, 2.24) is 5.32 Å². The van der Waals surface area contributed by atoms with E-state index in [-0.39, 0.29) is 0 Å². The molecular formula is C14H13F3N2. The third-order valence-electron chi connectivity index (χ3n) is 3.17. The van der Waals surface area contributed by atoms with Crippen molar-refractivity contribution in [2.45, 2.75) is 19.0 Å². The number of hydrogen-bond donors (Lipinski definition) is 1. The van der Waals surface area contributed by atoms with E-state index in [4.69, 9.17) is 0 Å². The average molecular weight is 266 g/mol. The van der Waals surface area contributed by atoms with Crippen molar-refractivity contribution in [2.24, 2.45) is 0 Å². The number of nitriles is 1. The van der Waals surface area contributed by atoms with E-state index in [1.807, 2.05) is 0 Å². The predicted molar refractivity (Wildman–Crippen MR) is 66.1 cm³/mol. The molecule has 0 saturated carbocycles. The molecule has 0 spiro atoms. The van der Waals surface area contributed by atoms with E-state index in [1.165, 1.54) is 12.1 Å². The van der Waals surface area contributed by atoms with Crippen molar-refractivity contribution in [1.29, 1.82) is 5.26 Å². The Morgan fingerprint density at radius 1 is 1.11 bits per heavy atom. The molecule has 1 N–H and O–H groups in total. The molecular weight excluding hydrogens is 253 g/mol.